The maximum absolute atomic E-state index is 12.9. The number of carbonyl (C=O) groups excluding carboxylic acids is 3. The van der Waals surface area contributed by atoms with Crippen molar-refractivity contribution in [2.24, 2.45) is 40.4 Å². The van der Waals surface area contributed by atoms with Crippen molar-refractivity contribution in [2.45, 2.75) is 91.0 Å². The van der Waals surface area contributed by atoms with Crippen LogP contribution in [0.5, 0.6) is 0 Å². The SMILES string of the molecule is CC[C@H]1C(=O)C[C@@H]2[C@@H]3CC[C@H]4C[C@@H](OC(C)=O)[C@@]5(OC(C)=O)C[C@@]4(CO5)[C@@H]3CC[C@@]21C. The minimum atomic E-state index is -1.16. The summed E-state index contributed by atoms with van der Waals surface area (Å²) < 4.78 is 17.7. The number of hydrogen-bond acceptors (Lipinski definition) is 6. The van der Waals surface area contributed by atoms with E-state index < -0.39 is 17.9 Å². The molecular weight excluding hydrogens is 396 g/mol. The molecule has 1 heterocycles. The normalized spacial score (nSPS) is 50.3. The van der Waals surface area contributed by atoms with Gasteiger partial charge < -0.3 is 14.2 Å². The Morgan fingerprint density at radius 2 is 1.90 bits per heavy atom. The summed E-state index contributed by atoms with van der Waals surface area (Å²) >= 11 is 0. The van der Waals surface area contributed by atoms with Crippen molar-refractivity contribution in [3.05, 3.63) is 0 Å². The Morgan fingerprint density at radius 1 is 1.13 bits per heavy atom. The molecule has 0 aromatic carbocycles. The van der Waals surface area contributed by atoms with Crippen LogP contribution in [-0.2, 0) is 28.6 Å². The molecule has 5 fully saturated rings. The van der Waals surface area contributed by atoms with Gasteiger partial charge in [-0.25, -0.2) is 0 Å². The highest BCUT2D eigenvalue weighted by molar-refractivity contribution is 5.84. The molecule has 5 aliphatic rings. The van der Waals surface area contributed by atoms with Crippen LogP contribution in [0.25, 0.3) is 0 Å². The summed E-state index contributed by atoms with van der Waals surface area (Å²) in [6.07, 6.45) is 6.82. The van der Waals surface area contributed by atoms with Crippen LogP contribution in [0, 0.1) is 40.4 Å². The highest BCUT2D eigenvalue weighted by Gasteiger charge is 2.71. The van der Waals surface area contributed by atoms with Gasteiger partial charge in [0.15, 0.2) is 6.10 Å². The molecule has 5 rings (SSSR count). The van der Waals surface area contributed by atoms with Gasteiger partial charge in [-0.05, 0) is 67.6 Å². The van der Waals surface area contributed by atoms with Crippen LogP contribution in [0.15, 0.2) is 0 Å². The van der Waals surface area contributed by atoms with Crippen molar-refractivity contribution in [3.63, 3.8) is 0 Å². The van der Waals surface area contributed by atoms with E-state index in [1.165, 1.54) is 13.8 Å². The molecule has 4 aliphatic carbocycles. The highest BCUT2D eigenvalue weighted by Crippen LogP contribution is 2.70. The van der Waals surface area contributed by atoms with Gasteiger partial charge in [-0.2, -0.15) is 0 Å². The molecule has 0 N–H and O–H groups in total. The number of Topliss-reactive ketones (excluding diaryl/α,β-unsaturated/α-hetero) is 1. The Morgan fingerprint density at radius 3 is 2.58 bits per heavy atom. The Hall–Kier alpha value is -1.43. The van der Waals surface area contributed by atoms with Crippen LogP contribution in [-0.4, -0.2) is 36.2 Å². The smallest absolute Gasteiger partial charge is 0.305 e. The fourth-order valence-corrected chi connectivity index (χ4v) is 9.00. The first-order chi connectivity index (χ1) is 14.6. The number of ketones is 1. The molecule has 1 spiro atoms. The molecule has 6 nitrogen and oxygen atoms in total. The summed E-state index contributed by atoms with van der Waals surface area (Å²) in [4.78, 5) is 36.7. The minimum Gasteiger partial charge on any atom is -0.456 e. The first-order valence-corrected chi connectivity index (χ1v) is 12.2. The highest BCUT2D eigenvalue weighted by atomic mass is 16.7. The van der Waals surface area contributed by atoms with Gasteiger partial charge in [0, 0.05) is 38.0 Å². The molecule has 0 unspecified atom stereocenters. The van der Waals surface area contributed by atoms with E-state index in [0.717, 1.165) is 38.5 Å². The molecule has 1 saturated heterocycles. The van der Waals surface area contributed by atoms with Gasteiger partial charge in [0.1, 0.15) is 5.78 Å². The fourth-order valence-electron chi connectivity index (χ4n) is 9.00. The summed E-state index contributed by atoms with van der Waals surface area (Å²) in [6, 6.07) is 0. The first-order valence-electron chi connectivity index (χ1n) is 12.2. The van der Waals surface area contributed by atoms with Crippen molar-refractivity contribution in [3.8, 4) is 0 Å². The predicted octanol–water partition coefficient (Wildman–Crippen LogP) is 4.05. The van der Waals surface area contributed by atoms with Crippen LogP contribution >= 0.6 is 0 Å². The lowest BCUT2D eigenvalue weighted by Gasteiger charge is -2.60. The van der Waals surface area contributed by atoms with E-state index in [1.54, 1.807) is 0 Å². The third-order valence-corrected chi connectivity index (χ3v) is 10.1. The Labute approximate surface area is 184 Å². The molecule has 4 saturated carbocycles. The predicted molar refractivity (Wildman–Crippen MR) is 112 cm³/mol. The quantitative estimate of drug-likeness (QED) is 0.626. The third kappa shape index (κ3) is 2.89. The van der Waals surface area contributed by atoms with E-state index >= 15 is 0 Å². The number of ether oxygens (including phenoxy) is 3. The zero-order chi connectivity index (χ0) is 22.2. The molecule has 2 bridgehead atoms. The molecule has 1 aliphatic heterocycles. The van der Waals surface area contributed by atoms with Crippen molar-refractivity contribution in [2.75, 3.05) is 6.61 Å². The molecule has 0 amide bonds. The van der Waals surface area contributed by atoms with Gasteiger partial charge in [-0.3, -0.25) is 14.4 Å². The van der Waals surface area contributed by atoms with Crippen molar-refractivity contribution >= 4 is 17.7 Å². The Kier molecular flexibility index (Phi) is 4.86. The van der Waals surface area contributed by atoms with Crippen molar-refractivity contribution in [1.29, 1.82) is 0 Å². The molecule has 0 aromatic rings. The number of fused-ring (bicyclic) bond motifs is 4. The minimum absolute atomic E-state index is 0.0519. The van der Waals surface area contributed by atoms with E-state index in [4.69, 9.17) is 14.2 Å². The average molecular weight is 433 g/mol. The molecule has 0 aromatic heterocycles. The summed E-state index contributed by atoms with van der Waals surface area (Å²) in [5, 5.41) is 0. The lowest BCUT2D eigenvalue weighted by Crippen LogP contribution is -2.59. The van der Waals surface area contributed by atoms with E-state index in [0.29, 0.717) is 48.9 Å². The van der Waals surface area contributed by atoms with Gasteiger partial charge in [0.2, 0.25) is 0 Å². The maximum Gasteiger partial charge on any atom is 0.305 e. The molecule has 9 atom stereocenters. The van der Waals surface area contributed by atoms with Gasteiger partial charge in [-0.1, -0.05) is 13.8 Å². The monoisotopic (exact) mass is 432 g/mol. The van der Waals surface area contributed by atoms with Gasteiger partial charge in [-0.15, -0.1) is 0 Å². The van der Waals surface area contributed by atoms with Gasteiger partial charge in [0.25, 0.3) is 5.79 Å². The van der Waals surface area contributed by atoms with E-state index in [2.05, 4.69) is 13.8 Å². The first kappa shape index (κ1) is 21.4. The average Bonchev–Trinajstić information content (AvgIpc) is 3.14. The van der Waals surface area contributed by atoms with E-state index in [-0.39, 0.29) is 22.7 Å². The van der Waals surface area contributed by atoms with Crippen LogP contribution in [0.1, 0.15) is 79.1 Å². The molecule has 6 heteroatoms. The Balaban J connectivity index is 1.48. The number of rotatable bonds is 3. The zero-order valence-corrected chi connectivity index (χ0v) is 19.3. The summed E-state index contributed by atoms with van der Waals surface area (Å²) in [5.74, 6) is 0.593. The zero-order valence-electron chi connectivity index (χ0n) is 19.3. The lowest BCUT2D eigenvalue weighted by atomic mass is 9.44. The van der Waals surface area contributed by atoms with Crippen LogP contribution < -0.4 is 0 Å². The van der Waals surface area contributed by atoms with Gasteiger partial charge in [0.05, 0.1) is 6.61 Å². The van der Waals surface area contributed by atoms with Crippen LogP contribution in [0.2, 0.25) is 0 Å². The van der Waals surface area contributed by atoms with E-state index in [9.17, 15) is 14.4 Å². The lowest BCUT2D eigenvalue weighted by molar-refractivity contribution is -0.264. The number of carbonyl (C=O) groups is 3. The Bertz CT molecular complexity index is 808. The van der Waals surface area contributed by atoms with Crippen molar-refractivity contribution < 1.29 is 28.6 Å². The molecule has 0 radical (unpaired) electrons. The second-order valence-electron chi connectivity index (χ2n) is 11.3. The molecule has 172 valence electrons. The summed E-state index contributed by atoms with van der Waals surface area (Å²) in [5.41, 5.74) is 0.0710. The van der Waals surface area contributed by atoms with Crippen LogP contribution in [0.3, 0.4) is 0 Å². The number of hydrogen-bond donors (Lipinski definition) is 0. The second kappa shape index (κ2) is 7.03. The van der Waals surface area contributed by atoms with E-state index in [1.807, 2.05) is 0 Å². The van der Waals surface area contributed by atoms with Crippen LogP contribution in [0.4, 0.5) is 0 Å². The van der Waals surface area contributed by atoms with Crippen molar-refractivity contribution in [1.82, 2.24) is 0 Å². The second-order valence-corrected chi connectivity index (χ2v) is 11.3. The maximum atomic E-state index is 12.9. The fraction of sp³-hybridized carbons (Fsp3) is 0.880. The topological polar surface area (TPSA) is 78.9 Å². The van der Waals surface area contributed by atoms with Gasteiger partial charge >= 0.3 is 11.9 Å². The third-order valence-electron chi connectivity index (χ3n) is 10.1. The standard InChI is InChI=1S/C25H36O6/c1-5-18-21(28)11-20-17-7-6-16-10-22(30-14(2)26)25(31-15(3)27)12-24(16,13-29-25)19(17)8-9-23(18,20)4/h16-20,22H,5-13H2,1-4H3/t16-,17+,18-,19+,20+,22+,23+,24-,25-/m0/s1. The summed E-state index contributed by atoms with van der Waals surface area (Å²) in [7, 11) is 0. The largest absolute Gasteiger partial charge is 0.456 e. The summed E-state index contributed by atoms with van der Waals surface area (Å²) in [6.45, 7) is 7.87. The molecular formula is C25H36O6. The molecule has 31 heavy (non-hydrogen) atoms. The number of esters is 2.